The fourth-order valence-electron chi connectivity index (χ4n) is 2.40. The van der Waals surface area contributed by atoms with Crippen molar-refractivity contribution in [3.8, 4) is 0 Å². The summed E-state index contributed by atoms with van der Waals surface area (Å²) in [5.41, 5.74) is -0.827. The highest BCUT2D eigenvalue weighted by Crippen LogP contribution is 2.33. The molecule has 3 heterocycles. The largest absolute Gasteiger partial charge is 0.360 e. The zero-order chi connectivity index (χ0) is 15.0. The maximum atomic E-state index is 12.3. The standard InChI is InChI=1S/C12H14N4O4S/c1-7-4-8(15-20-7)13-9(17)5-16-10(18)12(14-11(16)19)2-3-21-6-12/h4H,2-3,5-6H2,1H3,(H,14,19)(H,13,15,17). The lowest BCUT2D eigenvalue weighted by Gasteiger charge is -2.18. The zero-order valence-corrected chi connectivity index (χ0v) is 12.2. The number of aryl methyl sites for hydroxylation is 1. The maximum absolute atomic E-state index is 12.3. The molecule has 0 bridgehead atoms. The van der Waals surface area contributed by atoms with E-state index in [1.165, 1.54) is 0 Å². The number of rotatable bonds is 3. The predicted octanol–water partition coefficient (Wildman–Crippen LogP) is 0.349. The van der Waals surface area contributed by atoms with Crippen molar-refractivity contribution in [3.63, 3.8) is 0 Å². The molecule has 112 valence electrons. The van der Waals surface area contributed by atoms with Gasteiger partial charge in [0.25, 0.3) is 5.91 Å². The van der Waals surface area contributed by atoms with Crippen LogP contribution in [0.15, 0.2) is 10.6 Å². The molecule has 21 heavy (non-hydrogen) atoms. The van der Waals surface area contributed by atoms with Gasteiger partial charge in [-0.25, -0.2) is 4.79 Å². The summed E-state index contributed by atoms with van der Waals surface area (Å²) in [5.74, 6) is 1.37. The summed E-state index contributed by atoms with van der Waals surface area (Å²) in [7, 11) is 0. The van der Waals surface area contributed by atoms with Crippen molar-refractivity contribution in [2.24, 2.45) is 0 Å². The summed E-state index contributed by atoms with van der Waals surface area (Å²) in [6.45, 7) is 1.37. The third-order valence-electron chi connectivity index (χ3n) is 3.46. The second kappa shape index (κ2) is 5.06. The van der Waals surface area contributed by atoms with Crippen molar-refractivity contribution < 1.29 is 18.9 Å². The number of imide groups is 1. The Kier molecular flexibility index (Phi) is 3.36. The first kappa shape index (κ1) is 13.9. The SMILES string of the molecule is Cc1cc(NC(=O)CN2C(=O)NC3(CCSC3)C2=O)no1. The minimum absolute atomic E-state index is 0.260. The van der Waals surface area contributed by atoms with Crippen molar-refractivity contribution in [1.29, 1.82) is 0 Å². The molecule has 2 aliphatic heterocycles. The molecule has 1 spiro atoms. The topological polar surface area (TPSA) is 105 Å². The van der Waals surface area contributed by atoms with Crippen LogP contribution < -0.4 is 10.6 Å². The van der Waals surface area contributed by atoms with Crippen LogP contribution in [0.4, 0.5) is 10.6 Å². The summed E-state index contributed by atoms with van der Waals surface area (Å²) in [6, 6.07) is 1.03. The third-order valence-corrected chi connectivity index (χ3v) is 4.65. The van der Waals surface area contributed by atoms with E-state index in [1.54, 1.807) is 24.8 Å². The minimum Gasteiger partial charge on any atom is -0.360 e. The van der Waals surface area contributed by atoms with E-state index in [2.05, 4.69) is 15.8 Å². The number of aromatic nitrogens is 1. The Morgan fingerprint density at radius 1 is 1.62 bits per heavy atom. The highest BCUT2D eigenvalue weighted by Gasteiger charge is 2.53. The molecule has 0 aliphatic carbocycles. The number of anilines is 1. The van der Waals surface area contributed by atoms with E-state index in [-0.39, 0.29) is 18.3 Å². The van der Waals surface area contributed by atoms with Gasteiger partial charge in [0.05, 0.1) is 0 Å². The smallest absolute Gasteiger partial charge is 0.325 e. The van der Waals surface area contributed by atoms with E-state index >= 15 is 0 Å². The highest BCUT2D eigenvalue weighted by atomic mass is 32.2. The molecule has 2 saturated heterocycles. The number of urea groups is 1. The number of carbonyl (C=O) groups excluding carboxylic acids is 3. The summed E-state index contributed by atoms with van der Waals surface area (Å²) >= 11 is 1.62. The summed E-state index contributed by atoms with van der Waals surface area (Å²) in [6.07, 6.45) is 0.600. The summed E-state index contributed by atoms with van der Waals surface area (Å²) in [4.78, 5) is 37.1. The number of thioether (sulfide) groups is 1. The average molecular weight is 310 g/mol. The van der Waals surface area contributed by atoms with Gasteiger partial charge in [-0.05, 0) is 19.1 Å². The summed E-state index contributed by atoms with van der Waals surface area (Å²) in [5, 5.41) is 8.82. The van der Waals surface area contributed by atoms with Gasteiger partial charge in [0.15, 0.2) is 5.82 Å². The van der Waals surface area contributed by atoms with Crippen LogP contribution in [0.3, 0.4) is 0 Å². The van der Waals surface area contributed by atoms with Gasteiger partial charge in [-0.1, -0.05) is 5.16 Å². The first-order valence-electron chi connectivity index (χ1n) is 6.45. The second-order valence-electron chi connectivity index (χ2n) is 5.08. The lowest BCUT2D eigenvalue weighted by atomic mass is 9.99. The van der Waals surface area contributed by atoms with Gasteiger partial charge in [-0.2, -0.15) is 11.8 Å². The Balaban J connectivity index is 1.65. The molecule has 1 aromatic heterocycles. The van der Waals surface area contributed by atoms with Crippen molar-refractivity contribution in [1.82, 2.24) is 15.4 Å². The molecule has 0 saturated carbocycles. The van der Waals surface area contributed by atoms with Crippen molar-refractivity contribution >= 4 is 35.4 Å². The van der Waals surface area contributed by atoms with E-state index in [0.717, 1.165) is 10.7 Å². The number of nitrogens with one attached hydrogen (secondary N) is 2. The first-order valence-corrected chi connectivity index (χ1v) is 7.61. The van der Waals surface area contributed by atoms with Gasteiger partial charge in [0, 0.05) is 11.8 Å². The van der Waals surface area contributed by atoms with Crippen LogP contribution in [0, 0.1) is 6.92 Å². The molecule has 1 unspecified atom stereocenters. The number of amides is 4. The number of hydrogen-bond donors (Lipinski definition) is 2. The molecule has 0 radical (unpaired) electrons. The van der Waals surface area contributed by atoms with Crippen molar-refractivity contribution in [2.45, 2.75) is 18.9 Å². The minimum atomic E-state index is -0.827. The fourth-order valence-corrected chi connectivity index (χ4v) is 3.73. The van der Waals surface area contributed by atoms with E-state index in [9.17, 15) is 14.4 Å². The van der Waals surface area contributed by atoms with E-state index in [1.807, 2.05) is 0 Å². The molecule has 2 N–H and O–H groups in total. The van der Waals surface area contributed by atoms with Gasteiger partial charge < -0.3 is 15.2 Å². The molecule has 8 nitrogen and oxygen atoms in total. The van der Waals surface area contributed by atoms with Gasteiger partial charge >= 0.3 is 6.03 Å². The predicted molar refractivity (Wildman–Crippen MR) is 74.8 cm³/mol. The Morgan fingerprint density at radius 2 is 2.43 bits per heavy atom. The highest BCUT2D eigenvalue weighted by molar-refractivity contribution is 7.99. The molecule has 1 aromatic rings. The van der Waals surface area contributed by atoms with E-state index in [0.29, 0.717) is 17.9 Å². The lowest BCUT2D eigenvalue weighted by Crippen LogP contribution is -2.47. The fraction of sp³-hybridized carbons (Fsp3) is 0.500. The molecule has 4 amide bonds. The Labute approximate surface area is 124 Å². The number of hydrogen-bond acceptors (Lipinski definition) is 6. The summed E-state index contributed by atoms with van der Waals surface area (Å²) < 4.78 is 4.83. The number of carbonyl (C=O) groups is 3. The van der Waals surface area contributed by atoms with Crippen LogP contribution >= 0.6 is 11.8 Å². The Morgan fingerprint density at radius 3 is 3.05 bits per heavy atom. The molecular formula is C12H14N4O4S. The average Bonchev–Trinajstić information content (AvgIpc) is 3.09. The molecule has 3 rings (SSSR count). The molecule has 0 aromatic carbocycles. The van der Waals surface area contributed by atoms with Gasteiger partial charge in [-0.3, -0.25) is 14.5 Å². The van der Waals surface area contributed by atoms with Crippen LogP contribution in [-0.4, -0.2) is 51.5 Å². The van der Waals surface area contributed by atoms with E-state index in [4.69, 9.17) is 4.52 Å². The molecular weight excluding hydrogens is 296 g/mol. The quantitative estimate of drug-likeness (QED) is 0.781. The van der Waals surface area contributed by atoms with Gasteiger partial charge in [0.2, 0.25) is 5.91 Å². The first-order chi connectivity index (χ1) is 10.00. The molecule has 2 aliphatic rings. The van der Waals surface area contributed by atoms with Crippen LogP contribution in [0.1, 0.15) is 12.2 Å². The number of nitrogens with zero attached hydrogens (tertiary/aromatic N) is 2. The Hall–Kier alpha value is -2.03. The molecule has 9 heteroatoms. The zero-order valence-electron chi connectivity index (χ0n) is 11.3. The van der Waals surface area contributed by atoms with Gasteiger partial charge in [-0.15, -0.1) is 0 Å². The molecule has 1 atom stereocenters. The third kappa shape index (κ3) is 2.48. The lowest BCUT2D eigenvalue weighted by molar-refractivity contribution is -0.133. The van der Waals surface area contributed by atoms with Crippen LogP contribution in [0.5, 0.6) is 0 Å². The Bertz CT molecular complexity index is 608. The van der Waals surface area contributed by atoms with Crippen LogP contribution in [-0.2, 0) is 9.59 Å². The second-order valence-corrected chi connectivity index (χ2v) is 6.18. The van der Waals surface area contributed by atoms with Gasteiger partial charge in [0.1, 0.15) is 17.8 Å². The van der Waals surface area contributed by atoms with Crippen LogP contribution in [0.2, 0.25) is 0 Å². The normalized spacial score (nSPS) is 24.7. The van der Waals surface area contributed by atoms with Crippen molar-refractivity contribution in [2.75, 3.05) is 23.4 Å². The molecule has 2 fully saturated rings. The maximum Gasteiger partial charge on any atom is 0.325 e. The van der Waals surface area contributed by atoms with Crippen LogP contribution in [0.25, 0.3) is 0 Å². The van der Waals surface area contributed by atoms with E-state index < -0.39 is 17.5 Å². The monoisotopic (exact) mass is 310 g/mol. The van der Waals surface area contributed by atoms with Crippen molar-refractivity contribution in [3.05, 3.63) is 11.8 Å².